The van der Waals surface area contributed by atoms with E-state index in [0.29, 0.717) is 25.0 Å². The van der Waals surface area contributed by atoms with Crippen LogP contribution in [-0.2, 0) is 19.3 Å². The highest BCUT2D eigenvalue weighted by molar-refractivity contribution is 5.69. The first-order valence-electron chi connectivity index (χ1n) is 7.57. The van der Waals surface area contributed by atoms with Crippen LogP contribution in [0.15, 0.2) is 0 Å². The van der Waals surface area contributed by atoms with Crippen LogP contribution in [0.25, 0.3) is 0 Å². The van der Waals surface area contributed by atoms with E-state index >= 15 is 0 Å². The van der Waals surface area contributed by atoms with Crippen LogP contribution >= 0.6 is 0 Å². The number of ether oxygens (including phenoxy) is 1. The molecule has 25 heavy (non-hydrogen) atoms. The molecule has 0 aliphatic carbocycles. The lowest BCUT2D eigenvalue weighted by Gasteiger charge is -2.13. The summed E-state index contributed by atoms with van der Waals surface area (Å²) in [6.45, 7) is 9.85. The summed E-state index contributed by atoms with van der Waals surface area (Å²) >= 11 is 0. The molecule has 0 amide bonds. The summed E-state index contributed by atoms with van der Waals surface area (Å²) in [7, 11) is 0. The van der Waals surface area contributed by atoms with E-state index in [1.807, 2.05) is 0 Å². The van der Waals surface area contributed by atoms with Gasteiger partial charge in [-0.15, -0.1) is 0 Å². The third-order valence-corrected chi connectivity index (χ3v) is 3.57. The van der Waals surface area contributed by atoms with Crippen molar-refractivity contribution in [3.63, 3.8) is 0 Å². The molecule has 0 fully saturated rings. The summed E-state index contributed by atoms with van der Waals surface area (Å²) in [5.41, 5.74) is 0. The van der Waals surface area contributed by atoms with Gasteiger partial charge in [-0.3, -0.25) is 4.79 Å². The fourth-order valence-corrected chi connectivity index (χ4v) is 1.66. The normalized spacial score (nSPS) is 8.56. The Labute approximate surface area is 162 Å². The highest BCUT2D eigenvalue weighted by Gasteiger charge is 2.09. The Morgan fingerprint density at radius 1 is 0.680 bits per heavy atom. The van der Waals surface area contributed by atoms with Crippen LogP contribution in [0.3, 0.4) is 0 Å². The third kappa shape index (κ3) is 25.7. The number of carbonyl (C=O) groups is 1. The molecule has 0 heterocycles. The maximum Gasteiger partial charge on any atom is 0.308 e. The van der Waals surface area contributed by atoms with Gasteiger partial charge in [0.2, 0.25) is 0 Å². The molecule has 0 radical (unpaired) electrons. The van der Waals surface area contributed by atoms with Crippen molar-refractivity contribution in [2.45, 2.75) is 104 Å². The Bertz CT molecular complexity index is 212. The van der Waals surface area contributed by atoms with Crippen molar-refractivity contribution in [2.24, 2.45) is 11.8 Å². The van der Waals surface area contributed by atoms with Gasteiger partial charge in [0.15, 0.2) is 0 Å². The summed E-state index contributed by atoms with van der Waals surface area (Å²) in [6.07, 6.45) is 4.50. The summed E-state index contributed by atoms with van der Waals surface area (Å²) in [5, 5.41) is 0. The summed E-state index contributed by atoms with van der Waals surface area (Å²) in [5.74, 6) is 0.788. The maximum atomic E-state index is 11.4. The standard InChI is InChI=1S/C15H30O4.6CH4/c1-5-13(6-2)11-17-15(16)9-10-18-19-12-14(7-3)8-4;;;;;;/h13-14H,5-12H2,1-4H3;6*1H4. The Morgan fingerprint density at radius 2 is 1.08 bits per heavy atom. The lowest BCUT2D eigenvalue weighted by atomic mass is 10.1. The van der Waals surface area contributed by atoms with E-state index in [1.54, 1.807) is 0 Å². The number of hydrogen-bond donors (Lipinski definition) is 0. The van der Waals surface area contributed by atoms with Crippen molar-refractivity contribution >= 4 is 5.97 Å². The lowest BCUT2D eigenvalue weighted by molar-refractivity contribution is -0.301. The minimum atomic E-state index is -0.210. The van der Waals surface area contributed by atoms with Crippen LogP contribution in [0, 0.1) is 11.8 Å². The summed E-state index contributed by atoms with van der Waals surface area (Å²) in [6, 6.07) is 0. The largest absolute Gasteiger partial charge is 0.465 e. The minimum Gasteiger partial charge on any atom is -0.465 e. The summed E-state index contributed by atoms with van der Waals surface area (Å²) in [4.78, 5) is 21.5. The minimum absolute atomic E-state index is 0. The molecule has 0 N–H and O–H groups in total. The van der Waals surface area contributed by atoms with Crippen molar-refractivity contribution in [2.75, 3.05) is 19.8 Å². The third-order valence-electron chi connectivity index (χ3n) is 3.57. The monoisotopic (exact) mass is 370 g/mol. The first-order chi connectivity index (χ1) is 9.17. The van der Waals surface area contributed by atoms with Crippen molar-refractivity contribution in [1.82, 2.24) is 0 Å². The number of carbonyl (C=O) groups excluding carboxylic acids is 1. The van der Waals surface area contributed by atoms with E-state index < -0.39 is 0 Å². The molecular formula is C21H54O4. The molecule has 0 spiro atoms. The van der Waals surface area contributed by atoms with Crippen LogP contribution in [-0.4, -0.2) is 25.8 Å². The van der Waals surface area contributed by atoms with Gasteiger partial charge < -0.3 is 4.74 Å². The topological polar surface area (TPSA) is 44.8 Å². The highest BCUT2D eigenvalue weighted by Crippen LogP contribution is 2.09. The summed E-state index contributed by atoms with van der Waals surface area (Å²) < 4.78 is 5.18. The Kier molecular flexibility index (Phi) is 55.0. The van der Waals surface area contributed by atoms with Crippen LogP contribution in [0.1, 0.15) is 104 Å². The molecule has 0 aromatic heterocycles. The Morgan fingerprint density at radius 3 is 1.48 bits per heavy atom. The lowest BCUT2D eigenvalue weighted by Crippen LogP contribution is -2.15. The molecule has 0 bridgehead atoms. The van der Waals surface area contributed by atoms with Crippen LogP contribution in [0.4, 0.5) is 0 Å². The van der Waals surface area contributed by atoms with Gasteiger partial charge in [0.05, 0.1) is 26.2 Å². The molecule has 0 aliphatic heterocycles. The molecule has 162 valence electrons. The van der Waals surface area contributed by atoms with Gasteiger partial charge in [0, 0.05) is 0 Å². The fourth-order valence-electron chi connectivity index (χ4n) is 1.66. The molecule has 4 heteroatoms. The van der Waals surface area contributed by atoms with Gasteiger partial charge in [-0.1, -0.05) is 97.9 Å². The molecule has 0 unspecified atom stereocenters. The Balaban J connectivity index is -0.000000108. The van der Waals surface area contributed by atoms with Crippen molar-refractivity contribution in [1.29, 1.82) is 0 Å². The second-order valence-electron chi connectivity index (χ2n) is 4.90. The number of hydrogen-bond acceptors (Lipinski definition) is 4. The van der Waals surface area contributed by atoms with Gasteiger partial charge in [-0.05, 0) is 11.8 Å². The van der Waals surface area contributed by atoms with Crippen molar-refractivity contribution in [3.05, 3.63) is 0 Å². The molecule has 0 atom stereocenters. The van der Waals surface area contributed by atoms with E-state index in [0.717, 1.165) is 25.7 Å². The zero-order valence-electron chi connectivity index (χ0n) is 12.9. The smallest absolute Gasteiger partial charge is 0.308 e. The molecule has 0 aromatic carbocycles. The second kappa shape index (κ2) is 31.2. The maximum absolute atomic E-state index is 11.4. The van der Waals surface area contributed by atoms with Gasteiger partial charge in [-0.2, -0.15) is 0 Å². The first-order valence-corrected chi connectivity index (χ1v) is 7.57. The molecule has 0 aromatic rings. The average molecular weight is 371 g/mol. The van der Waals surface area contributed by atoms with Crippen molar-refractivity contribution < 1.29 is 19.3 Å². The van der Waals surface area contributed by atoms with Crippen LogP contribution < -0.4 is 0 Å². The SMILES string of the molecule is C.C.C.C.C.C.CCC(CC)COOCCC(=O)OCC(CC)CC. The van der Waals surface area contributed by atoms with Gasteiger partial charge in [0.1, 0.15) is 0 Å². The molecule has 0 saturated carbocycles. The molecule has 0 aliphatic rings. The van der Waals surface area contributed by atoms with Gasteiger partial charge in [0.25, 0.3) is 0 Å². The van der Waals surface area contributed by atoms with E-state index in [1.165, 1.54) is 0 Å². The van der Waals surface area contributed by atoms with E-state index in [-0.39, 0.29) is 63.6 Å². The van der Waals surface area contributed by atoms with Crippen LogP contribution in [0.2, 0.25) is 0 Å². The molecule has 0 saturated heterocycles. The van der Waals surface area contributed by atoms with Crippen LogP contribution in [0.5, 0.6) is 0 Å². The van der Waals surface area contributed by atoms with E-state index in [4.69, 9.17) is 14.5 Å². The Hall–Kier alpha value is -0.610. The van der Waals surface area contributed by atoms with E-state index in [2.05, 4.69) is 27.7 Å². The van der Waals surface area contributed by atoms with Gasteiger partial charge >= 0.3 is 5.97 Å². The second-order valence-corrected chi connectivity index (χ2v) is 4.90. The molecule has 0 rings (SSSR count). The highest BCUT2D eigenvalue weighted by atomic mass is 17.2. The first kappa shape index (κ1) is 44.1. The van der Waals surface area contributed by atoms with Crippen molar-refractivity contribution in [3.8, 4) is 0 Å². The zero-order valence-corrected chi connectivity index (χ0v) is 12.9. The molecule has 4 nitrogen and oxygen atoms in total. The van der Waals surface area contributed by atoms with E-state index in [9.17, 15) is 4.79 Å². The average Bonchev–Trinajstić information content (AvgIpc) is 2.44. The molecular weight excluding hydrogens is 316 g/mol. The zero-order chi connectivity index (χ0) is 14.5. The quantitative estimate of drug-likeness (QED) is 0.154. The number of rotatable bonds is 12. The predicted molar refractivity (Wildman–Crippen MR) is 116 cm³/mol. The van der Waals surface area contributed by atoms with Gasteiger partial charge in [-0.25, -0.2) is 9.78 Å². The predicted octanol–water partition coefficient (Wildman–Crippen LogP) is 7.56. The number of esters is 1. The fraction of sp³-hybridized carbons (Fsp3) is 0.952.